The number of nitrogen functional groups attached to an aromatic ring is 1. The van der Waals surface area contributed by atoms with Gasteiger partial charge >= 0.3 is 0 Å². The summed E-state index contributed by atoms with van der Waals surface area (Å²) in [5.41, 5.74) is 6.14. The minimum atomic E-state index is -0.626. The lowest BCUT2D eigenvalue weighted by Crippen LogP contribution is -2.02. The zero-order valence-corrected chi connectivity index (χ0v) is 9.66. The van der Waals surface area contributed by atoms with Crippen molar-refractivity contribution in [2.45, 2.75) is 6.92 Å². The predicted molar refractivity (Wildman–Crippen MR) is 63.3 cm³/mol. The molecule has 0 bridgehead atoms. The Kier molecular flexibility index (Phi) is 2.85. The van der Waals surface area contributed by atoms with E-state index >= 15 is 0 Å². The number of nitrogens with zero attached hydrogens (tertiary/aromatic N) is 2. The fourth-order valence-corrected chi connectivity index (χ4v) is 1.54. The number of hydrogen-bond donors (Lipinski definition) is 2. The Morgan fingerprint density at radius 3 is 2.65 bits per heavy atom. The van der Waals surface area contributed by atoms with E-state index in [0.29, 0.717) is 5.56 Å². The van der Waals surface area contributed by atoms with Crippen LogP contribution in [0.4, 0.5) is 10.2 Å². The monoisotopic (exact) mass is 253 g/mol. The average Bonchev–Trinajstić information content (AvgIpc) is 2.29. The molecule has 0 aliphatic heterocycles. The maximum absolute atomic E-state index is 13.3. The molecule has 0 radical (unpaired) electrons. The lowest BCUT2D eigenvalue weighted by atomic mass is 10.2. The van der Waals surface area contributed by atoms with Crippen LogP contribution in [0.15, 0.2) is 18.2 Å². The summed E-state index contributed by atoms with van der Waals surface area (Å²) in [5, 5.41) is 9.46. The first kappa shape index (κ1) is 11.6. The largest absolute Gasteiger partial charge is 0.506 e. The standard InChI is InChI=1S/C11H9ClFN3O/c1-5-9(13)10(14)16-11(15-5)6-2-3-8(17)7(12)4-6/h2-4,17H,1H3,(H2,14,15,16). The summed E-state index contributed by atoms with van der Waals surface area (Å²) < 4.78 is 13.3. The molecule has 0 saturated heterocycles. The van der Waals surface area contributed by atoms with Gasteiger partial charge in [0, 0.05) is 5.56 Å². The van der Waals surface area contributed by atoms with Crippen LogP contribution in [0.1, 0.15) is 5.69 Å². The molecule has 0 spiro atoms. The quantitative estimate of drug-likeness (QED) is 0.819. The van der Waals surface area contributed by atoms with E-state index in [1.54, 1.807) is 6.07 Å². The normalized spacial score (nSPS) is 10.5. The van der Waals surface area contributed by atoms with E-state index in [9.17, 15) is 9.50 Å². The van der Waals surface area contributed by atoms with Crippen molar-refractivity contribution in [1.82, 2.24) is 9.97 Å². The maximum atomic E-state index is 13.3. The summed E-state index contributed by atoms with van der Waals surface area (Å²) in [7, 11) is 0. The molecule has 0 unspecified atom stereocenters. The van der Waals surface area contributed by atoms with Gasteiger partial charge in [-0.05, 0) is 25.1 Å². The molecule has 2 rings (SSSR count). The Labute approximate surface area is 102 Å². The molecule has 0 aliphatic carbocycles. The van der Waals surface area contributed by atoms with E-state index in [-0.39, 0.29) is 28.1 Å². The first-order chi connectivity index (χ1) is 7.99. The van der Waals surface area contributed by atoms with Gasteiger partial charge in [0.2, 0.25) is 0 Å². The second-order valence-corrected chi connectivity index (χ2v) is 3.91. The van der Waals surface area contributed by atoms with Crippen LogP contribution in [0.5, 0.6) is 5.75 Å². The lowest BCUT2D eigenvalue weighted by molar-refractivity contribution is 0.475. The third-order valence-corrected chi connectivity index (χ3v) is 2.55. The number of phenols is 1. The zero-order chi connectivity index (χ0) is 12.6. The molecule has 4 nitrogen and oxygen atoms in total. The number of rotatable bonds is 1. The van der Waals surface area contributed by atoms with Gasteiger partial charge in [0.25, 0.3) is 0 Å². The van der Waals surface area contributed by atoms with Gasteiger partial charge < -0.3 is 10.8 Å². The summed E-state index contributed by atoms with van der Waals surface area (Å²) in [4.78, 5) is 7.79. The lowest BCUT2D eigenvalue weighted by Gasteiger charge is -2.05. The van der Waals surface area contributed by atoms with Crippen molar-refractivity contribution < 1.29 is 9.50 Å². The molecular weight excluding hydrogens is 245 g/mol. The van der Waals surface area contributed by atoms with Gasteiger partial charge in [-0.3, -0.25) is 0 Å². The first-order valence-corrected chi connectivity index (χ1v) is 5.15. The molecule has 0 amide bonds. The Bertz CT molecular complexity index is 566. The molecule has 2 aromatic rings. The maximum Gasteiger partial charge on any atom is 0.186 e. The topological polar surface area (TPSA) is 72.0 Å². The summed E-state index contributed by atoms with van der Waals surface area (Å²) >= 11 is 5.76. The fourth-order valence-electron chi connectivity index (χ4n) is 1.36. The van der Waals surface area contributed by atoms with E-state index < -0.39 is 5.82 Å². The van der Waals surface area contributed by atoms with Crippen LogP contribution in [0.2, 0.25) is 5.02 Å². The molecule has 1 aromatic heterocycles. The zero-order valence-electron chi connectivity index (χ0n) is 8.91. The van der Waals surface area contributed by atoms with Crippen LogP contribution in [0.3, 0.4) is 0 Å². The number of halogens is 2. The second kappa shape index (κ2) is 4.18. The molecule has 88 valence electrons. The molecule has 1 heterocycles. The number of benzene rings is 1. The van der Waals surface area contributed by atoms with Crippen LogP contribution in [0.25, 0.3) is 11.4 Å². The minimum absolute atomic E-state index is 0.0396. The highest BCUT2D eigenvalue weighted by Gasteiger charge is 2.11. The van der Waals surface area contributed by atoms with Crippen molar-refractivity contribution >= 4 is 17.4 Å². The summed E-state index contributed by atoms with van der Waals surface area (Å²) in [6.45, 7) is 1.50. The number of aryl methyl sites for hydroxylation is 1. The summed E-state index contributed by atoms with van der Waals surface area (Å²) in [6.07, 6.45) is 0. The number of anilines is 1. The van der Waals surface area contributed by atoms with E-state index in [4.69, 9.17) is 17.3 Å². The minimum Gasteiger partial charge on any atom is -0.506 e. The van der Waals surface area contributed by atoms with Crippen molar-refractivity contribution in [3.8, 4) is 17.1 Å². The molecule has 0 fully saturated rings. The van der Waals surface area contributed by atoms with Crippen molar-refractivity contribution in [1.29, 1.82) is 0 Å². The molecule has 17 heavy (non-hydrogen) atoms. The average molecular weight is 254 g/mol. The van der Waals surface area contributed by atoms with Crippen LogP contribution >= 0.6 is 11.6 Å². The number of nitrogens with two attached hydrogens (primary N) is 1. The van der Waals surface area contributed by atoms with E-state index in [0.717, 1.165) is 0 Å². The molecule has 6 heteroatoms. The van der Waals surface area contributed by atoms with Crippen LogP contribution in [0, 0.1) is 12.7 Å². The molecule has 1 aromatic carbocycles. The van der Waals surface area contributed by atoms with Crippen molar-refractivity contribution in [3.05, 3.63) is 34.7 Å². The number of aromatic nitrogens is 2. The third-order valence-electron chi connectivity index (χ3n) is 2.25. The molecule has 3 N–H and O–H groups in total. The predicted octanol–water partition coefficient (Wildman–Crippen LogP) is 2.53. The molecule has 0 aliphatic rings. The Balaban J connectivity index is 2.57. The number of aromatic hydroxyl groups is 1. The van der Waals surface area contributed by atoms with Crippen LogP contribution < -0.4 is 5.73 Å². The van der Waals surface area contributed by atoms with E-state index in [2.05, 4.69) is 9.97 Å². The highest BCUT2D eigenvalue weighted by molar-refractivity contribution is 6.32. The van der Waals surface area contributed by atoms with E-state index in [1.165, 1.54) is 19.1 Å². The van der Waals surface area contributed by atoms with Crippen LogP contribution in [-0.4, -0.2) is 15.1 Å². The molecule has 0 atom stereocenters. The van der Waals surface area contributed by atoms with E-state index in [1.807, 2.05) is 0 Å². The summed E-state index contributed by atoms with van der Waals surface area (Å²) in [5.74, 6) is -0.610. The highest BCUT2D eigenvalue weighted by atomic mass is 35.5. The molecular formula is C11H9ClFN3O. The smallest absolute Gasteiger partial charge is 0.186 e. The Hall–Kier alpha value is -1.88. The van der Waals surface area contributed by atoms with Gasteiger partial charge in [-0.25, -0.2) is 14.4 Å². The van der Waals surface area contributed by atoms with Gasteiger partial charge in [-0.15, -0.1) is 0 Å². The second-order valence-electron chi connectivity index (χ2n) is 3.50. The Morgan fingerprint density at radius 2 is 2.06 bits per heavy atom. The van der Waals surface area contributed by atoms with Crippen molar-refractivity contribution in [3.63, 3.8) is 0 Å². The number of hydrogen-bond acceptors (Lipinski definition) is 4. The highest BCUT2D eigenvalue weighted by Crippen LogP contribution is 2.28. The Morgan fingerprint density at radius 1 is 1.35 bits per heavy atom. The summed E-state index contributed by atoms with van der Waals surface area (Å²) in [6, 6.07) is 4.48. The van der Waals surface area contributed by atoms with Gasteiger partial charge in [0.05, 0.1) is 10.7 Å². The van der Waals surface area contributed by atoms with Gasteiger partial charge in [0.15, 0.2) is 17.5 Å². The number of phenolic OH excluding ortho intramolecular Hbond substituents is 1. The SMILES string of the molecule is Cc1nc(-c2ccc(O)c(Cl)c2)nc(N)c1F. The third kappa shape index (κ3) is 2.14. The molecule has 0 saturated carbocycles. The van der Waals surface area contributed by atoms with Crippen molar-refractivity contribution in [2.75, 3.05) is 5.73 Å². The fraction of sp³-hybridized carbons (Fsp3) is 0.0909. The van der Waals surface area contributed by atoms with Crippen LogP contribution in [-0.2, 0) is 0 Å². The van der Waals surface area contributed by atoms with Crippen molar-refractivity contribution in [2.24, 2.45) is 0 Å². The van der Waals surface area contributed by atoms with Gasteiger partial charge in [-0.1, -0.05) is 11.6 Å². The first-order valence-electron chi connectivity index (χ1n) is 4.77. The van der Waals surface area contributed by atoms with Gasteiger partial charge in [-0.2, -0.15) is 0 Å². The van der Waals surface area contributed by atoms with Gasteiger partial charge in [0.1, 0.15) is 5.75 Å².